The number of hydrogen-bond donors (Lipinski definition) is 3. The molecule has 10 heteroatoms. The van der Waals surface area contributed by atoms with Crippen molar-refractivity contribution >= 4 is 5.91 Å². The minimum absolute atomic E-state index is 0.0257. The second kappa shape index (κ2) is 10.8. The third kappa shape index (κ3) is 7.02. The number of aliphatic hydroxyl groups is 1. The van der Waals surface area contributed by atoms with Crippen LogP contribution in [0.2, 0.25) is 0 Å². The quantitative estimate of drug-likeness (QED) is 0.399. The normalized spacial score (nSPS) is 20.2. The van der Waals surface area contributed by atoms with Crippen molar-refractivity contribution in [3.63, 3.8) is 0 Å². The molecule has 3 atom stereocenters. The molecule has 1 fully saturated rings. The fraction of sp³-hybridized carbons (Fsp3) is 0.571. The molecule has 1 amide bonds. The van der Waals surface area contributed by atoms with E-state index in [1.807, 2.05) is 6.07 Å². The number of nitrogens with one attached hydrogen (secondary N) is 2. The first-order valence-electron chi connectivity index (χ1n) is 12.9. The first kappa shape index (κ1) is 28.3. The molecule has 208 valence electrons. The molecule has 1 aromatic carbocycles. The van der Waals surface area contributed by atoms with Crippen LogP contribution in [-0.2, 0) is 23.8 Å². The summed E-state index contributed by atoms with van der Waals surface area (Å²) < 4.78 is 60.1. The van der Waals surface area contributed by atoms with Crippen molar-refractivity contribution < 1.29 is 32.2 Å². The summed E-state index contributed by atoms with van der Waals surface area (Å²) >= 11 is 0. The number of pyridine rings is 1. The highest BCUT2D eigenvalue weighted by Gasteiger charge is 2.46. The van der Waals surface area contributed by atoms with E-state index in [1.54, 1.807) is 12.3 Å². The summed E-state index contributed by atoms with van der Waals surface area (Å²) in [7, 11) is 0. The number of fused-ring (bicyclic) bond motifs is 1. The molecule has 3 N–H and O–H groups in total. The van der Waals surface area contributed by atoms with Gasteiger partial charge in [0.1, 0.15) is 11.3 Å². The summed E-state index contributed by atoms with van der Waals surface area (Å²) in [4.78, 5) is 16.3. The standard InChI is InChI=1S/C28H35F4N3O3/c1-17(36)35-22(12-18-6-4-7-20(10-18)28(30,31)32)24(37)16-33-23-14-27(8-5-9-27)38-25-21(23)11-19(15-34-25)13-26(2,3)29/h4,6-7,10-11,15,22-24,33,37H,5,8-9,12-14,16H2,1-3H3,(H,35,36)/t22-,23-,24-/m0/s1. The Balaban J connectivity index is 1.51. The number of ether oxygens (including phenoxy) is 1. The average Bonchev–Trinajstić information content (AvgIpc) is 2.79. The number of carbonyl (C=O) groups excluding carboxylic acids is 1. The van der Waals surface area contributed by atoms with E-state index in [9.17, 15) is 27.5 Å². The topological polar surface area (TPSA) is 83.5 Å². The van der Waals surface area contributed by atoms with Gasteiger partial charge in [0.05, 0.1) is 17.7 Å². The molecule has 0 unspecified atom stereocenters. The molecule has 6 nitrogen and oxygen atoms in total. The Morgan fingerprint density at radius 2 is 1.95 bits per heavy atom. The summed E-state index contributed by atoms with van der Waals surface area (Å²) in [6.07, 6.45) is -0.263. The Morgan fingerprint density at radius 3 is 2.55 bits per heavy atom. The van der Waals surface area contributed by atoms with Crippen molar-refractivity contribution in [2.45, 2.75) is 94.9 Å². The predicted molar refractivity (Wildman–Crippen MR) is 134 cm³/mol. The van der Waals surface area contributed by atoms with Crippen molar-refractivity contribution in [1.82, 2.24) is 15.6 Å². The average molecular weight is 538 g/mol. The Bertz CT molecular complexity index is 1140. The highest BCUT2D eigenvalue weighted by Crippen LogP contribution is 2.48. The number of halogens is 4. The molecule has 38 heavy (non-hydrogen) atoms. The lowest BCUT2D eigenvalue weighted by Crippen LogP contribution is -2.52. The van der Waals surface area contributed by atoms with Gasteiger partial charge in [-0.05, 0) is 62.8 Å². The van der Waals surface area contributed by atoms with Gasteiger partial charge in [-0.25, -0.2) is 9.37 Å². The van der Waals surface area contributed by atoms with E-state index in [0.717, 1.165) is 42.5 Å². The SMILES string of the molecule is CC(=O)N[C@@H](Cc1cccc(C(F)(F)F)c1)[C@@H](O)CN[C@H]1CC2(CCC2)Oc2ncc(CC(C)(C)F)cc21. The zero-order valence-corrected chi connectivity index (χ0v) is 21.9. The van der Waals surface area contributed by atoms with E-state index in [0.29, 0.717) is 17.9 Å². The molecule has 1 aliphatic heterocycles. The van der Waals surface area contributed by atoms with Crippen molar-refractivity contribution in [3.05, 3.63) is 58.8 Å². The number of alkyl halides is 4. The van der Waals surface area contributed by atoms with Crippen LogP contribution in [0.4, 0.5) is 17.6 Å². The van der Waals surface area contributed by atoms with E-state index >= 15 is 0 Å². The summed E-state index contributed by atoms with van der Waals surface area (Å²) in [5.41, 5.74) is -0.658. The zero-order valence-electron chi connectivity index (χ0n) is 21.9. The van der Waals surface area contributed by atoms with E-state index in [4.69, 9.17) is 4.74 Å². The van der Waals surface area contributed by atoms with Crippen LogP contribution >= 0.6 is 0 Å². The maximum atomic E-state index is 14.3. The number of benzene rings is 1. The number of aliphatic hydroxyl groups excluding tert-OH is 1. The highest BCUT2D eigenvalue weighted by atomic mass is 19.4. The summed E-state index contributed by atoms with van der Waals surface area (Å²) in [6, 6.07) is 5.72. The summed E-state index contributed by atoms with van der Waals surface area (Å²) in [5.74, 6) is 0.0965. The first-order chi connectivity index (χ1) is 17.7. The lowest BCUT2D eigenvalue weighted by atomic mass is 9.73. The van der Waals surface area contributed by atoms with Crippen molar-refractivity contribution in [1.29, 1.82) is 0 Å². The van der Waals surface area contributed by atoms with E-state index < -0.39 is 35.5 Å². The molecule has 0 radical (unpaired) electrons. The monoisotopic (exact) mass is 537 g/mol. The van der Waals surface area contributed by atoms with E-state index in [-0.39, 0.29) is 31.0 Å². The van der Waals surface area contributed by atoms with Crippen LogP contribution < -0.4 is 15.4 Å². The van der Waals surface area contributed by atoms with Crippen molar-refractivity contribution in [2.75, 3.05) is 6.54 Å². The zero-order chi connectivity index (χ0) is 27.7. The minimum Gasteiger partial charge on any atom is -0.471 e. The molecule has 0 bridgehead atoms. The Morgan fingerprint density at radius 1 is 1.21 bits per heavy atom. The number of carbonyl (C=O) groups is 1. The maximum absolute atomic E-state index is 14.3. The largest absolute Gasteiger partial charge is 0.471 e. The predicted octanol–water partition coefficient (Wildman–Crippen LogP) is 4.84. The Labute approximate surface area is 220 Å². The van der Waals surface area contributed by atoms with Crippen LogP contribution in [0.1, 0.15) is 74.8 Å². The number of amides is 1. The molecule has 4 rings (SSSR count). The number of rotatable bonds is 9. The van der Waals surface area contributed by atoms with Gasteiger partial charge in [0.2, 0.25) is 11.8 Å². The van der Waals surface area contributed by atoms with Gasteiger partial charge in [-0.15, -0.1) is 0 Å². The minimum atomic E-state index is -4.49. The second-order valence-corrected chi connectivity index (χ2v) is 11.2. The summed E-state index contributed by atoms with van der Waals surface area (Å²) in [5, 5.41) is 17.1. The fourth-order valence-corrected chi connectivity index (χ4v) is 5.30. The Kier molecular flexibility index (Phi) is 8.04. The molecular weight excluding hydrogens is 502 g/mol. The highest BCUT2D eigenvalue weighted by molar-refractivity contribution is 5.73. The van der Waals surface area contributed by atoms with Gasteiger partial charge in [0.25, 0.3) is 0 Å². The number of nitrogens with zero attached hydrogens (tertiary/aromatic N) is 1. The Hall–Kier alpha value is -2.72. The smallest absolute Gasteiger partial charge is 0.416 e. The van der Waals surface area contributed by atoms with Crippen LogP contribution in [0.3, 0.4) is 0 Å². The molecule has 1 spiro atoms. The van der Waals surface area contributed by atoms with Gasteiger partial charge in [0.15, 0.2) is 0 Å². The van der Waals surface area contributed by atoms with Gasteiger partial charge in [-0.1, -0.05) is 18.2 Å². The molecule has 1 saturated carbocycles. The van der Waals surface area contributed by atoms with Gasteiger partial charge in [-0.3, -0.25) is 4.79 Å². The van der Waals surface area contributed by atoms with Crippen LogP contribution in [0, 0.1) is 0 Å². The number of hydrogen-bond acceptors (Lipinski definition) is 5. The van der Waals surface area contributed by atoms with Gasteiger partial charge < -0.3 is 20.5 Å². The van der Waals surface area contributed by atoms with Gasteiger partial charge in [0, 0.05) is 44.1 Å². The second-order valence-electron chi connectivity index (χ2n) is 11.2. The van der Waals surface area contributed by atoms with Crippen LogP contribution in [0.15, 0.2) is 36.5 Å². The van der Waals surface area contributed by atoms with Crippen molar-refractivity contribution in [2.24, 2.45) is 0 Å². The van der Waals surface area contributed by atoms with Crippen molar-refractivity contribution in [3.8, 4) is 5.88 Å². The molecule has 0 saturated heterocycles. The van der Waals surface area contributed by atoms with E-state index in [2.05, 4.69) is 15.6 Å². The first-order valence-corrected chi connectivity index (χ1v) is 12.9. The van der Waals surface area contributed by atoms with Crippen LogP contribution in [0.25, 0.3) is 0 Å². The molecular formula is C28H35F4N3O3. The summed E-state index contributed by atoms with van der Waals surface area (Å²) in [6.45, 7) is 4.38. The van der Waals surface area contributed by atoms with Gasteiger partial charge >= 0.3 is 6.18 Å². The third-order valence-corrected chi connectivity index (χ3v) is 7.23. The fourth-order valence-electron chi connectivity index (χ4n) is 5.30. The molecule has 1 aliphatic carbocycles. The third-order valence-electron chi connectivity index (χ3n) is 7.23. The van der Waals surface area contributed by atoms with Crippen LogP contribution in [0.5, 0.6) is 5.88 Å². The van der Waals surface area contributed by atoms with Crippen LogP contribution in [-0.4, -0.2) is 46.0 Å². The molecule has 1 aromatic heterocycles. The van der Waals surface area contributed by atoms with E-state index in [1.165, 1.54) is 26.8 Å². The number of aromatic nitrogens is 1. The molecule has 2 aliphatic rings. The maximum Gasteiger partial charge on any atom is 0.416 e. The molecule has 2 aromatic rings. The molecule has 2 heterocycles. The lowest BCUT2D eigenvalue weighted by Gasteiger charge is -2.47. The van der Waals surface area contributed by atoms with Gasteiger partial charge in [-0.2, -0.15) is 13.2 Å². The lowest BCUT2D eigenvalue weighted by molar-refractivity contribution is -0.137.